The number of nitrogens with two attached hydrogens (primary N) is 1. The Hall–Kier alpha value is -2.12. The molecule has 0 spiro atoms. The van der Waals surface area contributed by atoms with Crippen LogP contribution in [-0.4, -0.2) is 20.3 Å². The number of furan rings is 1. The summed E-state index contributed by atoms with van der Waals surface area (Å²) in [5.74, 6) is 1.65. The first-order chi connectivity index (χ1) is 10.2. The minimum atomic E-state index is -0.453. The molecule has 0 atom stereocenters. The Morgan fingerprint density at radius 2 is 2.09 bits per heavy atom. The SMILES string of the molecule is Cl.NC1(c2noc(-c3cc(-c4ccco4)n[nH]3)n2)CCCC1. The highest BCUT2D eigenvalue weighted by Crippen LogP contribution is 2.35. The predicted octanol–water partition coefficient (Wildman–Crippen LogP) is 2.87. The van der Waals surface area contributed by atoms with E-state index in [9.17, 15) is 0 Å². The number of aromatic amines is 1. The lowest BCUT2D eigenvalue weighted by Gasteiger charge is -2.17. The van der Waals surface area contributed by atoms with Crippen LogP contribution in [0.1, 0.15) is 31.5 Å². The van der Waals surface area contributed by atoms with Crippen LogP contribution in [0.4, 0.5) is 0 Å². The number of nitrogens with zero attached hydrogens (tertiary/aromatic N) is 3. The second-order valence-electron chi connectivity index (χ2n) is 5.43. The van der Waals surface area contributed by atoms with Gasteiger partial charge in [0.05, 0.1) is 11.8 Å². The van der Waals surface area contributed by atoms with Crippen molar-refractivity contribution >= 4 is 12.4 Å². The van der Waals surface area contributed by atoms with Gasteiger partial charge in [-0.3, -0.25) is 5.10 Å². The molecule has 3 aromatic rings. The van der Waals surface area contributed by atoms with Crippen molar-refractivity contribution in [3.8, 4) is 23.0 Å². The van der Waals surface area contributed by atoms with Crippen LogP contribution in [0, 0.1) is 0 Å². The maximum Gasteiger partial charge on any atom is 0.276 e. The lowest BCUT2D eigenvalue weighted by atomic mass is 9.99. The summed E-state index contributed by atoms with van der Waals surface area (Å²) in [6.45, 7) is 0. The van der Waals surface area contributed by atoms with E-state index in [1.807, 2.05) is 18.2 Å². The standard InChI is InChI=1S/C14H15N5O2.ClH/c15-14(5-1-2-6-14)13-16-12(21-19-13)10-8-9(17-18-10)11-4-3-7-20-11;/h3-4,7-8H,1-2,5-6,15H2,(H,17,18);1H. The topological polar surface area (TPSA) is 107 Å². The first-order valence-electron chi connectivity index (χ1n) is 6.97. The van der Waals surface area contributed by atoms with Crippen LogP contribution in [0.5, 0.6) is 0 Å². The number of rotatable bonds is 3. The fraction of sp³-hybridized carbons (Fsp3) is 0.357. The molecule has 1 saturated carbocycles. The van der Waals surface area contributed by atoms with Crippen LogP contribution in [0.3, 0.4) is 0 Å². The maximum atomic E-state index is 6.33. The van der Waals surface area contributed by atoms with Crippen LogP contribution in [-0.2, 0) is 5.54 Å². The molecular formula is C14H16ClN5O2. The van der Waals surface area contributed by atoms with E-state index < -0.39 is 5.54 Å². The summed E-state index contributed by atoms with van der Waals surface area (Å²) < 4.78 is 10.6. The van der Waals surface area contributed by atoms with E-state index in [-0.39, 0.29) is 12.4 Å². The van der Waals surface area contributed by atoms with Crippen molar-refractivity contribution in [1.29, 1.82) is 0 Å². The molecule has 4 rings (SSSR count). The van der Waals surface area contributed by atoms with E-state index in [0.717, 1.165) is 25.7 Å². The molecule has 0 amide bonds. The van der Waals surface area contributed by atoms with Crippen molar-refractivity contribution in [2.75, 3.05) is 0 Å². The normalized spacial score (nSPS) is 16.6. The molecule has 8 heteroatoms. The van der Waals surface area contributed by atoms with Gasteiger partial charge < -0.3 is 14.7 Å². The second-order valence-corrected chi connectivity index (χ2v) is 5.43. The Morgan fingerprint density at radius 3 is 2.82 bits per heavy atom. The second kappa shape index (κ2) is 5.58. The average Bonchev–Trinajstić information content (AvgIpc) is 3.25. The number of hydrogen-bond donors (Lipinski definition) is 2. The Balaban J connectivity index is 0.00000144. The minimum absolute atomic E-state index is 0. The highest BCUT2D eigenvalue weighted by molar-refractivity contribution is 5.85. The first-order valence-corrected chi connectivity index (χ1v) is 6.97. The van der Waals surface area contributed by atoms with E-state index in [4.69, 9.17) is 14.7 Å². The molecule has 7 nitrogen and oxygen atoms in total. The van der Waals surface area contributed by atoms with Gasteiger partial charge in [0.15, 0.2) is 11.6 Å². The van der Waals surface area contributed by atoms with Gasteiger partial charge in [-0.05, 0) is 25.0 Å². The van der Waals surface area contributed by atoms with Crippen molar-refractivity contribution < 1.29 is 8.94 Å². The van der Waals surface area contributed by atoms with Crippen LogP contribution < -0.4 is 5.73 Å². The summed E-state index contributed by atoms with van der Waals surface area (Å²) >= 11 is 0. The van der Waals surface area contributed by atoms with Crippen LogP contribution in [0.2, 0.25) is 0 Å². The fourth-order valence-corrected chi connectivity index (χ4v) is 2.75. The largest absolute Gasteiger partial charge is 0.463 e. The summed E-state index contributed by atoms with van der Waals surface area (Å²) in [5, 5.41) is 11.1. The zero-order valence-electron chi connectivity index (χ0n) is 11.8. The number of nitrogens with one attached hydrogen (secondary N) is 1. The molecular weight excluding hydrogens is 306 g/mol. The Bertz CT molecular complexity index is 743. The third-order valence-electron chi connectivity index (χ3n) is 3.95. The van der Waals surface area contributed by atoms with Crippen molar-refractivity contribution in [1.82, 2.24) is 20.3 Å². The van der Waals surface area contributed by atoms with E-state index in [2.05, 4.69) is 20.3 Å². The van der Waals surface area contributed by atoms with Gasteiger partial charge in [0, 0.05) is 6.07 Å². The fourth-order valence-electron chi connectivity index (χ4n) is 2.75. The minimum Gasteiger partial charge on any atom is -0.463 e. The van der Waals surface area contributed by atoms with E-state index in [1.54, 1.807) is 6.26 Å². The molecule has 116 valence electrons. The van der Waals surface area contributed by atoms with E-state index in [1.165, 1.54) is 0 Å². The molecule has 0 aromatic carbocycles. The van der Waals surface area contributed by atoms with Crippen molar-refractivity contribution in [2.45, 2.75) is 31.2 Å². The molecule has 0 aliphatic heterocycles. The van der Waals surface area contributed by atoms with Crippen LogP contribution in [0.15, 0.2) is 33.4 Å². The van der Waals surface area contributed by atoms with Gasteiger partial charge in [-0.1, -0.05) is 18.0 Å². The molecule has 0 radical (unpaired) electrons. The third kappa shape index (κ3) is 2.42. The number of halogens is 1. The molecule has 0 saturated heterocycles. The number of aromatic nitrogens is 4. The summed E-state index contributed by atoms with van der Waals surface area (Å²) in [7, 11) is 0. The van der Waals surface area contributed by atoms with E-state index >= 15 is 0 Å². The lowest BCUT2D eigenvalue weighted by Crippen LogP contribution is -2.34. The molecule has 0 bridgehead atoms. The van der Waals surface area contributed by atoms with Crippen LogP contribution in [0.25, 0.3) is 23.0 Å². The molecule has 0 unspecified atom stereocenters. The van der Waals surface area contributed by atoms with Gasteiger partial charge >= 0.3 is 0 Å². The highest BCUT2D eigenvalue weighted by Gasteiger charge is 2.36. The molecule has 1 aliphatic carbocycles. The molecule has 1 fully saturated rings. The predicted molar refractivity (Wildman–Crippen MR) is 81.2 cm³/mol. The molecule has 22 heavy (non-hydrogen) atoms. The van der Waals surface area contributed by atoms with Gasteiger partial charge in [-0.2, -0.15) is 10.1 Å². The monoisotopic (exact) mass is 321 g/mol. The first kappa shape index (κ1) is 14.8. The average molecular weight is 322 g/mol. The zero-order chi connectivity index (χ0) is 14.3. The van der Waals surface area contributed by atoms with Crippen LogP contribution >= 0.6 is 12.4 Å². The summed E-state index contributed by atoms with van der Waals surface area (Å²) in [4.78, 5) is 4.42. The van der Waals surface area contributed by atoms with E-state index in [0.29, 0.717) is 28.9 Å². The number of hydrogen-bond acceptors (Lipinski definition) is 6. The van der Waals surface area contributed by atoms with Crippen molar-refractivity contribution in [2.24, 2.45) is 5.73 Å². The molecule has 3 aromatic heterocycles. The van der Waals surface area contributed by atoms with Gasteiger partial charge in [0.1, 0.15) is 11.4 Å². The molecule has 3 N–H and O–H groups in total. The van der Waals surface area contributed by atoms with Gasteiger partial charge in [0.25, 0.3) is 5.89 Å². The molecule has 3 heterocycles. The summed E-state index contributed by atoms with van der Waals surface area (Å²) in [6.07, 6.45) is 5.60. The van der Waals surface area contributed by atoms with Gasteiger partial charge in [0.2, 0.25) is 0 Å². The quantitative estimate of drug-likeness (QED) is 0.768. The van der Waals surface area contributed by atoms with Gasteiger partial charge in [-0.15, -0.1) is 12.4 Å². The Morgan fingerprint density at radius 1 is 1.27 bits per heavy atom. The molecule has 1 aliphatic rings. The number of H-pyrrole nitrogens is 1. The third-order valence-corrected chi connectivity index (χ3v) is 3.95. The summed E-state index contributed by atoms with van der Waals surface area (Å²) in [5.41, 5.74) is 7.22. The smallest absolute Gasteiger partial charge is 0.276 e. The van der Waals surface area contributed by atoms with Crippen molar-refractivity contribution in [3.05, 3.63) is 30.3 Å². The van der Waals surface area contributed by atoms with Gasteiger partial charge in [-0.25, -0.2) is 0 Å². The van der Waals surface area contributed by atoms with Crippen molar-refractivity contribution in [3.63, 3.8) is 0 Å². The lowest BCUT2D eigenvalue weighted by molar-refractivity contribution is 0.372. The highest BCUT2D eigenvalue weighted by atomic mass is 35.5. The Labute approximate surface area is 132 Å². The maximum absolute atomic E-state index is 6.33. The summed E-state index contributed by atoms with van der Waals surface area (Å²) in [6, 6.07) is 5.47. The zero-order valence-corrected chi connectivity index (χ0v) is 12.6. The Kier molecular flexibility index (Phi) is 3.76.